The van der Waals surface area contributed by atoms with Crippen molar-refractivity contribution in [2.45, 2.75) is 50.4 Å². The summed E-state index contributed by atoms with van der Waals surface area (Å²) >= 11 is 0. The molecule has 0 radical (unpaired) electrons. The van der Waals surface area contributed by atoms with Crippen LogP contribution in [-0.2, 0) is 0 Å². The summed E-state index contributed by atoms with van der Waals surface area (Å²) in [7, 11) is -3.00. The molecule has 3 N–H and O–H groups in total. The summed E-state index contributed by atoms with van der Waals surface area (Å²) < 4.78 is 0. The molecule has 3 atom stereocenters. The summed E-state index contributed by atoms with van der Waals surface area (Å²) in [5.74, 6) is 0.228. The van der Waals surface area contributed by atoms with Gasteiger partial charge in [0.1, 0.15) is 0 Å². The van der Waals surface area contributed by atoms with Gasteiger partial charge in [0.25, 0.3) is 8.32 Å². The molecule has 1 aliphatic rings. The van der Waals surface area contributed by atoms with E-state index in [9.17, 15) is 15.0 Å². The third-order valence-corrected chi connectivity index (χ3v) is 10.3. The fraction of sp³-hybridized carbons (Fsp3) is 0.429. The highest BCUT2D eigenvalue weighted by Crippen LogP contribution is 2.45. The van der Waals surface area contributed by atoms with Crippen LogP contribution in [0, 0.1) is 5.92 Å². The molecule has 0 aliphatic heterocycles. The first kappa shape index (κ1) is 18.3. The Morgan fingerprint density at radius 3 is 1.64 bits per heavy atom. The predicted octanol–water partition coefficient (Wildman–Crippen LogP) is 2.04. The predicted molar refractivity (Wildman–Crippen MR) is 104 cm³/mol. The zero-order valence-corrected chi connectivity index (χ0v) is 16.0. The van der Waals surface area contributed by atoms with Gasteiger partial charge in [0.05, 0.1) is 12.2 Å². The Bertz CT molecular complexity index is 637. The maximum atomic E-state index is 12.1. The van der Waals surface area contributed by atoms with E-state index in [1.54, 1.807) is 0 Å². The second kappa shape index (κ2) is 7.04. The van der Waals surface area contributed by atoms with Gasteiger partial charge in [-0.2, -0.15) is 0 Å². The summed E-state index contributed by atoms with van der Waals surface area (Å²) in [5, 5.41) is 21.5. The molecule has 134 valence electrons. The normalized spacial score (nSPS) is 24.4. The van der Waals surface area contributed by atoms with Crippen molar-refractivity contribution in [3.63, 3.8) is 0 Å². The maximum Gasteiger partial charge on any atom is 0.258 e. The lowest BCUT2D eigenvalue weighted by Crippen LogP contribution is -2.65. The van der Waals surface area contributed by atoms with E-state index in [4.69, 9.17) is 0 Å². The minimum absolute atomic E-state index is 0.228. The second-order valence-corrected chi connectivity index (χ2v) is 11.9. The standard InChI is InChI=1S/C21H28O3Si/c1-21(2,15-16-13-19(22)20(23)14-16)25(24,17-9-5-3-6-10-17)18-11-7-4-8-12-18/h3-12,16,19-20,22-24H,13-15H2,1-2H3/t16-,19-,20+. The Morgan fingerprint density at radius 1 is 0.840 bits per heavy atom. The van der Waals surface area contributed by atoms with E-state index in [-0.39, 0.29) is 11.0 Å². The van der Waals surface area contributed by atoms with Gasteiger partial charge in [-0.25, -0.2) is 0 Å². The SMILES string of the molecule is CC(C)(C[C@@H]1C[C@@H](O)[C@@H](O)C1)[Si](O)(c1ccccc1)c1ccccc1. The molecule has 0 amide bonds. The molecular formula is C21H28O3Si. The monoisotopic (exact) mass is 356 g/mol. The third kappa shape index (κ3) is 3.44. The number of aliphatic hydroxyl groups excluding tert-OH is 2. The molecule has 1 fully saturated rings. The largest absolute Gasteiger partial charge is 0.424 e. The van der Waals surface area contributed by atoms with Crippen molar-refractivity contribution >= 4 is 18.7 Å². The van der Waals surface area contributed by atoms with Crippen molar-refractivity contribution in [1.29, 1.82) is 0 Å². The van der Waals surface area contributed by atoms with E-state index < -0.39 is 20.5 Å². The van der Waals surface area contributed by atoms with Crippen LogP contribution in [0.2, 0.25) is 5.04 Å². The zero-order chi connectivity index (χ0) is 18.1. The van der Waals surface area contributed by atoms with Crippen LogP contribution in [0.3, 0.4) is 0 Å². The molecule has 0 saturated heterocycles. The number of benzene rings is 2. The van der Waals surface area contributed by atoms with E-state index in [1.165, 1.54) is 0 Å². The highest BCUT2D eigenvalue weighted by molar-refractivity contribution is 6.98. The van der Waals surface area contributed by atoms with Gasteiger partial charge in [-0.15, -0.1) is 0 Å². The van der Waals surface area contributed by atoms with Crippen LogP contribution < -0.4 is 10.4 Å². The molecule has 25 heavy (non-hydrogen) atoms. The van der Waals surface area contributed by atoms with Crippen LogP contribution in [0.5, 0.6) is 0 Å². The van der Waals surface area contributed by atoms with Crippen LogP contribution in [0.1, 0.15) is 33.1 Å². The summed E-state index contributed by atoms with van der Waals surface area (Å²) in [6, 6.07) is 20.0. The van der Waals surface area contributed by atoms with E-state index in [0.717, 1.165) is 16.8 Å². The summed E-state index contributed by atoms with van der Waals surface area (Å²) in [4.78, 5) is 12.1. The van der Waals surface area contributed by atoms with Crippen LogP contribution >= 0.6 is 0 Å². The van der Waals surface area contributed by atoms with Crippen LogP contribution in [0.25, 0.3) is 0 Å². The Balaban J connectivity index is 1.99. The number of rotatable bonds is 5. The smallest absolute Gasteiger partial charge is 0.258 e. The van der Waals surface area contributed by atoms with Crippen molar-refractivity contribution in [3.8, 4) is 0 Å². The average Bonchev–Trinajstić information content (AvgIpc) is 2.92. The van der Waals surface area contributed by atoms with Gasteiger partial charge in [-0.05, 0) is 40.6 Å². The summed E-state index contributed by atoms with van der Waals surface area (Å²) in [6.45, 7) is 4.27. The number of hydrogen-bond donors (Lipinski definition) is 3. The lowest BCUT2D eigenvalue weighted by Gasteiger charge is -2.42. The van der Waals surface area contributed by atoms with E-state index in [2.05, 4.69) is 13.8 Å². The first-order valence-corrected chi connectivity index (χ1v) is 11.0. The minimum atomic E-state index is -3.00. The average molecular weight is 357 g/mol. The Morgan fingerprint density at radius 2 is 1.24 bits per heavy atom. The molecule has 0 aromatic heterocycles. The van der Waals surface area contributed by atoms with Gasteiger partial charge >= 0.3 is 0 Å². The van der Waals surface area contributed by atoms with Gasteiger partial charge in [0.15, 0.2) is 0 Å². The summed E-state index contributed by atoms with van der Waals surface area (Å²) in [5.41, 5.74) is 0. The van der Waals surface area contributed by atoms with E-state index in [0.29, 0.717) is 12.8 Å². The number of aliphatic hydroxyl groups is 2. The van der Waals surface area contributed by atoms with Crippen LogP contribution in [0.4, 0.5) is 0 Å². The minimum Gasteiger partial charge on any atom is -0.424 e. The molecule has 0 spiro atoms. The molecule has 4 heteroatoms. The van der Waals surface area contributed by atoms with E-state index >= 15 is 0 Å². The van der Waals surface area contributed by atoms with Crippen molar-refractivity contribution in [2.24, 2.45) is 5.92 Å². The van der Waals surface area contributed by atoms with Crippen molar-refractivity contribution in [1.82, 2.24) is 0 Å². The van der Waals surface area contributed by atoms with E-state index in [1.807, 2.05) is 60.7 Å². The molecule has 3 rings (SSSR count). The molecule has 0 bridgehead atoms. The highest BCUT2D eigenvalue weighted by Gasteiger charge is 2.51. The Hall–Kier alpha value is -1.46. The summed E-state index contributed by atoms with van der Waals surface area (Å²) in [6.07, 6.45) is 0.735. The molecule has 3 nitrogen and oxygen atoms in total. The third-order valence-electron chi connectivity index (χ3n) is 5.76. The molecule has 0 heterocycles. The number of hydrogen-bond acceptors (Lipinski definition) is 3. The molecule has 1 saturated carbocycles. The molecule has 0 unspecified atom stereocenters. The van der Waals surface area contributed by atoms with Crippen molar-refractivity contribution in [3.05, 3.63) is 60.7 Å². The molecule has 2 aromatic carbocycles. The van der Waals surface area contributed by atoms with Gasteiger partial charge in [0.2, 0.25) is 0 Å². The van der Waals surface area contributed by atoms with Crippen LogP contribution in [0.15, 0.2) is 60.7 Å². The maximum absolute atomic E-state index is 12.1. The molecular weight excluding hydrogens is 328 g/mol. The fourth-order valence-electron chi connectivity index (χ4n) is 4.44. The van der Waals surface area contributed by atoms with Crippen LogP contribution in [-0.4, -0.2) is 35.5 Å². The Labute approximate surface area is 151 Å². The van der Waals surface area contributed by atoms with Gasteiger partial charge in [0, 0.05) is 0 Å². The fourth-order valence-corrected chi connectivity index (χ4v) is 8.27. The lowest BCUT2D eigenvalue weighted by molar-refractivity contribution is 0.0438. The van der Waals surface area contributed by atoms with Gasteiger partial charge < -0.3 is 15.0 Å². The first-order chi connectivity index (χ1) is 11.8. The molecule has 1 aliphatic carbocycles. The Kier molecular flexibility index (Phi) is 5.16. The quantitative estimate of drug-likeness (QED) is 0.719. The second-order valence-electron chi connectivity index (χ2n) is 8.00. The zero-order valence-electron chi connectivity index (χ0n) is 15.0. The van der Waals surface area contributed by atoms with Crippen molar-refractivity contribution in [2.75, 3.05) is 0 Å². The van der Waals surface area contributed by atoms with Gasteiger partial charge in [-0.1, -0.05) is 74.5 Å². The van der Waals surface area contributed by atoms with Gasteiger partial charge in [-0.3, -0.25) is 0 Å². The van der Waals surface area contributed by atoms with Crippen molar-refractivity contribution < 1.29 is 15.0 Å². The molecule has 2 aromatic rings. The first-order valence-electron chi connectivity index (χ1n) is 9.04. The lowest BCUT2D eigenvalue weighted by atomic mass is 9.95. The highest BCUT2D eigenvalue weighted by atomic mass is 28.4. The topological polar surface area (TPSA) is 60.7 Å².